The molecule has 1 aliphatic rings. The largest absolute Gasteiger partial charge is 0.467 e. The number of aromatic nitrogens is 2. The Kier molecular flexibility index (Phi) is 6.58. The second-order valence-corrected chi connectivity index (χ2v) is 7.36. The van der Waals surface area contributed by atoms with Crippen LogP contribution in [0.15, 0.2) is 38.5 Å². The average Bonchev–Trinajstić information content (AvgIpc) is 3.25. The Morgan fingerprint density at radius 1 is 1.31 bits per heavy atom. The summed E-state index contributed by atoms with van der Waals surface area (Å²) < 4.78 is 13.1. The summed E-state index contributed by atoms with van der Waals surface area (Å²) in [5.74, 6) is 1.06. The third-order valence-electron chi connectivity index (χ3n) is 5.40. The van der Waals surface area contributed by atoms with Gasteiger partial charge in [-0.05, 0) is 25.0 Å². The highest BCUT2D eigenvalue weighted by Crippen LogP contribution is 2.23. The van der Waals surface area contributed by atoms with Gasteiger partial charge in [0.15, 0.2) is 0 Å². The summed E-state index contributed by atoms with van der Waals surface area (Å²) in [6, 6.07) is 5.10. The van der Waals surface area contributed by atoms with E-state index in [0.717, 1.165) is 23.2 Å². The van der Waals surface area contributed by atoms with Gasteiger partial charge in [0.1, 0.15) is 11.6 Å². The van der Waals surface area contributed by atoms with Crippen molar-refractivity contribution in [2.24, 2.45) is 20.0 Å². The number of hydrogen-bond donors (Lipinski definition) is 0. The maximum absolute atomic E-state index is 13.2. The molecule has 9 nitrogen and oxygen atoms in total. The van der Waals surface area contributed by atoms with Gasteiger partial charge in [-0.25, -0.2) is 4.79 Å². The van der Waals surface area contributed by atoms with Crippen molar-refractivity contribution < 1.29 is 13.9 Å². The van der Waals surface area contributed by atoms with Crippen LogP contribution < -0.4 is 16.1 Å². The van der Waals surface area contributed by atoms with Gasteiger partial charge in [-0.2, -0.15) is 0 Å². The van der Waals surface area contributed by atoms with E-state index in [1.165, 1.54) is 17.7 Å². The zero-order valence-corrected chi connectivity index (χ0v) is 17.2. The lowest BCUT2D eigenvalue weighted by atomic mass is 9.96. The first-order valence-corrected chi connectivity index (χ1v) is 9.74. The normalized spacial score (nSPS) is 16.8. The molecule has 0 aromatic carbocycles. The molecule has 1 aliphatic heterocycles. The van der Waals surface area contributed by atoms with Crippen LogP contribution in [0.3, 0.4) is 0 Å². The molecule has 3 rings (SSSR count). The van der Waals surface area contributed by atoms with Gasteiger partial charge in [0.2, 0.25) is 5.91 Å². The predicted octanol–water partition coefficient (Wildman–Crippen LogP) is 0.569. The van der Waals surface area contributed by atoms with Gasteiger partial charge in [-0.3, -0.25) is 18.7 Å². The molecule has 1 unspecified atom stereocenters. The molecule has 158 valence electrons. The van der Waals surface area contributed by atoms with Crippen LogP contribution in [-0.4, -0.2) is 53.3 Å². The molecule has 0 aliphatic carbocycles. The van der Waals surface area contributed by atoms with Crippen LogP contribution in [0.1, 0.15) is 18.6 Å². The Bertz CT molecular complexity index is 947. The van der Waals surface area contributed by atoms with E-state index in [0.29, 0.717) is 38.6 Å². The van der Waals surface area contributed by atoms with Crippen molar-refractivity contribution >= 4 is 11.7 Å². The maximum Gasteiger partial charge on any atom is 0.332 e. The number of methoxy groups -OCH3 is 1. The minimum absolute atomic E-state index is 0.0250. The van der Waals surface area contributed by atoms with Crippen molar-refractivity contribution in [2.75, 3.05) is 38.3 Å². The third-order valence-corrected chi connectivity index (χ3v) is 5.40. The maximum atomic E-state index is 13.2. The summed E-state index contributed by atoms with van der Waals surface area (Å²) >= 11 is 0. The van der Waals surface area contributed by atoms with Gasteiger partial charge < -0.3 is 19.0 Å². The number of piperidine rings is 1. The van der Waals surface area contributed by atoms with Gasteiger partial charge in [0.25, 0.3) is 5.56 Å². The van der Waals surface area contributed by atoms with Gasteiger partial charge >= 0.3 is 5.69 Å². The molecule has 1 saturated heterocycles. The van der Waals surface area contributed by atoms with Gasteiger partial charge in [0, 0.05) is 46.9 Å². The van der Waals surface area contributed by atoms with Crippen LogP contribution >= 0.6 is 0 Å². The van der Waals surface area contributed by atoms with Crippen LogP contribution in [0.5, 0.6) is 0 Å². The van der Waals surface area contributed by atoms with E-state index in [1.807, 2.05) is 11.0 Å². The fourth-order valence-electron chi connectivity index (χ4n) is 3.73. The van der Waals surface area contributed by atoms with E-state index in [-0.39, 0.29) is 23.1 Å². The predicted molar refractivity (Wildman–Crippen MR) is 108 cm³/mol. The molecule has 0 N–H and O–H groups in total. The van der Waals surface area contributed by atoms with Crippen LogP contribution in [-0.2, 0) is 30.2 Å². The van der Waals surface area contributed by atoms with E-state index >= 15 is 0 Å². The lowest BCUT2D eigenvalue weighted by Crippen LogP contribution is -2.48. The van der Waals surface area contributed by atoms with E-state index in [9.17, 15) is 14.4 Å². The molecule has 2 aromatic rings. The van der Waals surface area contributed by atoms with Crippen LogP contribution in [0, 0.1) is 5.92 Å². The number of nitrogens with zero attached hydrogens (tertiary/aromatic N) is 4. The monoisotopic (exact) mass is 404 g/mol. The quantitative estimate of drug-likeness (QED) is 0.670. The Hall–Kier alpha value is -2.81. The van der Waals surface area contributed by atoms with Gasteiger partial charge in [0.05, 0.1) is 25.3 Å². The highest BCUT2D eigenvalue weighted by atomic mass is 16.5. The molecule has 1 atom stereocenters. The number of furan rings is 1. The minimum Gasteiger partial charge on any atom is -0.467 e. The van der Waals surface area contributed by atoms with Gasteiger partial charge in [-0.15, -0.1) is 0 Å². The Morgan fingerprint density at radius 3 is 2.79 bits per heavy atom. The van der Waals surface area contributed by atoms with Crippen molar-refractivity contribution in [3.05, 3.63) is 51.1 Å². The Labute approximate surface area is 169 Å². The average molecular weight is 404 g/mol. The first-order valence-electron chi connectivity index (χ1n) is 9.74. The number of amides is 1. The van der Waals surface area contributed by atoms with Crippen LogP contribution in [0.2, 0.25) is 0 Å². The number of carbonyl (C=O) groups is 1. The molecule has 1 fully saturated rings. The Balaban J connectivity index is 1.79. The molecule has 1 amide bonds. The number of ether oxygens (including phenoxy) is 1. The summed E-state index contributed by atoms with van der Waals surface area (Å²) in [7, 11) is 4.71. The molecular formula is C20H28N4O5. The minimum atomic E-state index is -0.375. The number of anilines is 1. The highest BCUT2D eigenvalue weighted by molar-refractivity contribution is 5.79. The lowest BCUT2D eigenvalue weighted by molar-refractivity contribution is -0.137. The second-order valence-electron chi connectivity index (χ2n) is 7.36. The van der Waals surface area contributed by atoms with Gasteiger partial charge in [-0.1, -0.05) is 0 Å². The molecule has 9 heteroatoms. The van der Waals surface area contributed by atoms with Crippen molar-refractivity contribution in [1.29, 1.82) is 0 Å². The molecule has 0 saturated carbocycles. The molecule has 0 bridgehead atoms. The topological polar surface area (TPSA) is 89.9 Å². The van der Waals surface area contributed by atoms with Crippen LogP contribution in [0.25, 0.3) is 0 Å². The lowest BCUT2D eigenvalue weighted by Gasteiger charge is -2.36. The second kappa shape index (κ2) is 9.13. The van der Waals surface area contributed by atoms with E-state index in [2.05, 4.69) is 0 Å². The van der Waals surface area contributed by atoms with Crippen molar-refractivity contribution in [2.45, 2.75) is 19.4 Å². The molecule has 2 aromatic heterocycles. The standard InChI is InChI=1S/C20H28N4O5/c1-21-17(12-18(25)22(2)20(21)27)23-8-4-6-15(13-23)19(26)24(9-11-28-3)14-16-7-5-10-29-16/h5,7,10,12,15H,4,6,8-9,11,13-14H2,1-3H3. The summed E-state index contributed by atoms with van der Waals surface area (Å²) in [5.41, 5.74) is -0.725. The van der Waals surface area contributed by atoms with Crippen LogP contribution in [0.4, 0.5) is 5.82 Å². The molecule has 0 radical (unpaired) electrons. The fraction of sp³-hybridized carbons (Fsp3) is 0.550. The summed E-state index contributed by atoms with van der Waals surface area (Å²) in [6.07, 6.45) is 3.15. The summed E-state index contributed by atoms with van der Waals surface area (Å²) in [4.78, 5) is 41.3. The van der Waals surface area contributed by atoms with E-state index in [4.69, 9.17) is 9.15 Å². The third kappa shape index (κ3) is 4.61. The number of carbonyl (C=O) groups excluding carboxylic acids is 1. The SMILES string of the molecule is COCCN(Cc1ccco1)C(=O)C1CCCN(c2cc(=O)n(C)c(=O)n2C)C1. The van der Waals surface area contributed by atoms with Crippen molar-refractivity contribution in [3.63, 3.8) is 0 Å². The fourth-order valence-corrected chi connectivity index (χ4v) is 3.73. The number of hydrogen-bond acceptors (Lipinski definition) is 6. The Morgan fingerprint density at radius 2 is 2.10 bits per heavy atom. The number of rotatable bonds is 7. The van der Waals surface area contributed by atoms with Crippen molar-refractivity contribution in [3.8, 4) is 0 Å². The molecular weight excluding hydrogens is 376 g/mol. The summed E-state index contributed by atoms with van der Waals surface area (Å²) in [6.45, 7) is 2.44. The smallest absolute Gasteiger partial charge is 0.332 e. The molecule has 29 heavy (non-hydrogen) atoms. The zero-order valence-electron chi connectivity index (χ0n) is 17.2. The van der Waals surface area contributed by atoms with E-state index < -0.39 is 0 Å². The van der Waals surface area contributed by atoms with Crippen molar-refractivity contribution in [1.82, 2.24) is 14.0 Å². The molecule has 0 spiro atoms. The first kappa shape index (κ1) is 20.9. The van der Waals surface area contributed by atoms with E-state index in [1.54, 1.807) is 31.4 Å². The first-order chi connectivity index (χ1) is 13.9. The molecule has 3 heterocycles. The summed E-state index contributed by atoms with van der Waals surface area (Å²) in [5, 5.41) is 0. The zero-order chi connectivity index (χ0) is 21.0. The highest BCUT2D eigenvalue weighted by Gasteiger charge is 2.31.